The second-order valence-electron chi connectivity index (χ2n) is 4.91. The van der Waals surface area contributed by atoms with Gasteiger partial charge in [0.15, 0.2) is 0 Å². The number of thioether (sulfide) groups is 1. The van der Waals surface area contributed by atoms with E-state index >= 15 is 0 Å². The van der Waals surface area contributed by atoms with E-state index in [1.165, 1.54) is 17.8 Å². The topological polar surface area (TPSA) is 20.3 Å². The Bertz CT molecular complexity index is 689. The summed E-state index contributed by atoms with van der Waals surface area (Å²) < 4.78 is 13.8. The molecule has 1 aliphatic heterocycles. The standard InChI is InChI=1S/C16H13ClFNOS/c1-10-2-7-13(8-14(10)18)19-15(20)9-21-16(19)11-3-5-12(17)6-4-11/h2-8,16H,9H2,1H3/t16-/m0/s1. The molecule has 21 heavy (non-hydrogen) atoms. The van der Waals surface area contributed by atoms with Gasteiger partial charge in [0.05, 0.1) is 5.75 Å². The van der Waals surface area contributed by atoms with Crippen molar-refractivity contribution in [3.63, 3.8) is 0 Å². The van der Waals surface area contributed by atoms with Crippen molar-refractivity contribution in [3.05, 3.63) is 64.4 Å². The number of hydrogen-bond acceptors (Lipinski definition) is 2. The molecule has 1 amide bonds. The fourth-order valence-electron chi connectivity index (χ4n) is 2.31. The first-order valence-corrected chi connectivity index (χ1v) is 7.94. The molecule has 1 aliphatic rings. The summed E-state index contributed by atoms with van der Waals surface area (Å²) in [5, 5.41) is 0.512. The molecule has 0 N–H and O–H groups in total. The minimum Gasteiger partial charge on any atom is -0.295 e. The summed E-state index contributed by atoms with van der Waals surface area (Å²) in [4.78, 5) is 13.8. The minimum absolute atomic E-state index is 0.0109. The predicted octanol–water partition coefficient (Wildman–Crippen LogP) is 4.57. The van der Waals surface area contributed by atoms with Crippen LogP contribution in [0.5, 0.6) is 0 Å². The van der Waals surface area contributed by atoms with Crippen LogP contribution in [0.1, 0.15) is 16.5 Å². The van der Waals surface area contributed by atoms with Gasteiger partial charge in [-0.05, 0) is 42.3 Å². The van der Waals surface area contributed by atoms with Gasteiger partial charge in [0.25, 0.3) is 0 Å². The van der Waals surface area contributed by atoms with E-state index in [9.17, 15) is 9.18 Å². The molecule has 3 rings (SSSR count). The van der Waals surface area contributed by atoms with Crippen LogP contribution in [-0.4, -0.2) is 11.7 Å². The molecule has 108 valence electrons. The molecular weight excluding hydrogens is 309 g/mol. The van der Waals surface area contributed by atoms with Crippen LogP contribution in [0.4, 0.5) is 10.1 Å². The van der Waals surface area contributed by atoms with Crippen molar-refractivity contribution >= 4 is 35.0 Å². The first kappa shape index (κ1) is 14.4. The maximum atomic E-state index is 13.8. The van der Waals surface area contributed by atoms with Gasteiger partial charge in [-0.15, -0.1) is 11.8 Å². The van der Waals surface area contributed by atoms with E-state index in [1.54, 1.807) is 36.1 Å². The number of rotatable bonds is 2. The van der Waals surface area contributed by atoms with Crippen LogP contribution in [0, 0.1) is 12.7 Å². The van der Waals surface area contributed by atoms with Crippen LogP contribution in [0.2, 0.25) is 5.02 Å². The van der Waals surface area contributed by atoms with Gasteiger partial charge in [0.1, 0.15) is 11.2 Å². The normalized spacial score (nSPS) is 18.3. The third-order valence-corrected chi connectivity index (χ3v) is 4.92. The van der Waals surface area contributed by atoms with Gasteiger partial charge >= 0.3 is 0 Å². The van der Waals surface area contributed by atoms with Crippen LogP contribution < -0.4 is 4.90 Å². The second kappa shape index (κ2) is 5.70. The Balaban J connectivity index is 1.99. The van der Waals surface area contributed by atoms with Crippen molar-refractivity contribution in [1.82, 2.24) is 0 Å². The highest BCUT2D eigenvalue weighted by atomic mass is 35.5. The SMILES string of the molecule is Cc1ccc(N2C(=O)CS[C@H]2c2ccc(Cl)cc2)cc1F. The van der Waals surface area contributed by atoms with E-state index in [-0.39, 0.29) is 17.1 Å². The third-order valence-electron chi connectivity index (χ3n) is 3.46. The van der Waals surface area contributed by atoms with E-state index in [2.05, 4.69) is 0 Å². The van der Waals surface area contributed by atoms with Crippen molar-refractivity contribution in [1.29, 1.82) is 0 Å². The summed E-state index contributed by atoms with van der Waals surface area (Å²) in [6.07, 6.45) is 0. The third kappa shape index (κ3) is 2.78. The molecule has 1 atom stereocenters. The summed E-state index contributed by atoms with van der Waals surface area (Å²) in [7, 11) is 0. The lowest BCUT2D eigenvalue weighted by molar-refractivity contribution is -0.115. The highest BCUT2D eigenvalue weighted by molar-refractivity contribution is 8.00. The molecule has 1 saturated heterocycles. The molecule has 0 spiro atoms. The lowest BCUT2D eigenvalue weighted by Gasteiger charge is -2.24. The van der Waals surface area contributed by atoms with Crippen molar-refractivity contribution in [2.45, 2.75) is 12.3 Å². The van der Waals surface area contributed by atoms with Crippen molar-refractivity contribution in [2.75, 3.05) is 10.7 Å². The van der Waals surface area contributed by atoms with Gasteiger partial charge in [-0.25, -0.2) is 4.39 Å². The number of nitrogens with zero attached hydrogens (tertiary/aromatic N) is 1. The Morgan fingerprint density at radius 3 is 2.62 bits per heavy atom. The Hall–Kier alpha value is -1.52. The summed E-state index contributed by atoms with van der Waals surface area (Å²) in [5.41, 5.74) is 2.14. The summed E-state index contributed by atoms with van der Waals surface area (Å²) in [5.74, 6) is 0.0817. The van der Waals surface area contributed by atoms with Crippen LogP contribution in [0.3, 0.4) is 0 Å². The van der Waals surface area contributed by atoms with Crippen LogP contribution >= 0.6 is 23.4 Å². The molecule has 0 bridgehead atoms. The molecule has 2 aromatic rings. The number of anilines is 1. The molecule has 5 heteroatoms. The Labute approximate surface area is 131 Å². The van der Waals surface area contributed by atoms with E-state index in [0.29, 0.717) is 22.0 Å². The maximum Gasteiger partial charge on any atom is 0.238 e. The molecule has 0 radical (unpaired) electrons. The fraction of sp³-hybridized carbons (Fsp3) is 0.188. The van der Waals surface area contributed by atoms with Crippen molar-refractivity contribution in [3.8, 4) is 0 Å². The lowest BCUT2D eigenvalue weighted by Crippen LogP contribution is -2.27. The van der Waals surface area contributed by atoms with E-state index in [4.69, 9.17) is 11.6 Å². The number of aryl methyl sites for hydroxylation is 1. The molecule has 0 saturated carbocycles. The minimum atomic E-state index is -0.299. The molecule has 1 heterocycles. The molecule has 0 aromatic heterocycles. The van der Waals surface area contributed by atoms with Crippen LogP contribution in [-0.2, 0) is 4.79 Å². The quantitative estimate of drug-likeness (QED) is 0.807. The highest BCUT2D eigenvalue weighted by Crippen LogP contribution is 2.42. The van der Waals surface area contributed by atoms with Gasteiger partial charge in [0, 0.05) is 10.7 Å². The van der Waals surface area contributed by atoms with E-state index in [1.807, 2.05) is 12.1 Å². The monoisotopic (exact) mass is 321 g/mol. The van der Waals surface area contributed by atoms with Crippen LogP contribution in [0.25, 0.3) is 0 Å². The molecular formula is C16H13ClFNOS. The average Bonchev–Trinajstić information content (AvgIpc) is 2.85. The number of amides is 1. The summed E-state index contributed by atoms with van der Waals surface area (Å²) in [6.45, 7) is 1.70. The van der Waals surface area contributed by atoms with Gasteiger partial charge in [-0.2, -0.15) is 0 Å². The lowest BCUT2D eigenvalue weighted by atomic mass is 10.1. The van der Waals surface area contributed by atoms with Crippen LogP contribution in [0.15, 0.2) is 42.5 Å². The second-order valence-corrected chi connectivity index (χ2v) is 6.42. The summed E-state index contributed by atoms with van der Waals surface area (Å²) in [6, 6.07) is 12.3. The van der Waals surface area contributed by atoms with Crippen molar-refractivity contribution in [2.24, 2.45) is 0 Å². The summed E-state index contributed by atoms with van der Waals surface area (Å²) >= 11 is 7.43. The Kier molecular flexibility index (Phi) is 3.91. The van der Waals surface area contributed by atoms with Gasteiger partial charge in [0.2, 0.25) is 5.91 Å². The zero-order valence-corrected chi connectivity index (χ0v) is 12.9. The molecule has 0 unspecified atom stereocenters. The molecule has 2 nitrogen and oxygen atoms in total. The smallest absolute Gasteiger partial charge is 0.238 e. The predicted molar refractivity (Wildman–Crippen MR) is 85.3 cm³/mol. The number of carbonyl (C=O) groups is 1. The zero-order valence-electron chi connectivity index (χ0n) is 11.3. The average molecular weight is 322 g/mol. The number of hydrogen-bond donors (Lipinski definition) is 0. The zero-order chi connectivity index (χ0) is 15.0. The molecule has 2 aromatic carbocycles. The van der Waals surface area contributed by atoms with E-state index in [0.717, 1.165) is 5.56 Å². The first-order valence-electron chi connectivity index (χ1n) is 6.51. The number of benzene rings is 2. The largest absolute Gasteiger partial charge is 0.295 e. The van der Waals surface area contributed by atoms with Gasteiger partial charge < -0.3 is 0 Å². The van der Waals surface area contributed by atoms with Gasteiger partial charge in [-0.1, -0.05) is 29.8 Å². The molecule has 1 fully saturated rings. The fourth-order valence-corrected chi connectivity index (χ4v) is 3.61. The Morgan fingerprint density at radius 1 is 1.24 bits per heavy atom. The molecule has 0 aliphatic carbocycles. The Morgan fingerprint density at radius 2 is 1.95 bits per heavy atom. The van der Waals surface area contributed by atoms with E-state index < -0.39 is 0 Å². The number of carbonyl (C=O) groups excluding carboxylic acids is 1. The highest BCUT2D eigenvalue weighted by Gasteiger charge is 2.34. The number of halogens is 2. The maximum absolute atomic E-state index is 13.8. The van der Waals surface area contributed by atoms with Crippen molar-refractivity contribution < 1.29 is 9.18 Å². The first-order chi connectivity index (χ1) is 10.1. The van der Waals surface area contributed by atoms with Gasteiger partial charge in [-0.3, -0.25) is 9.69 Å².